The fourth-order valence-corrected chi connectivity index (χ4v) is 1.62. The molecule has 0 unspecified atom stereocenters. The molecular formula is C16H16N2O2. The summed E-state index contributed by atoms with van der Waals surface area (Å²) < 4.78 is 5.71. The van der Waals surface area contributed by atoms with Gasteiger partial charge in [-0.1, -0.05) is 42.5 Å². The van der Waals surface area contributed by atoms with Gasteiger partial charge in [0, 0.05) is 6.92 Å². The van der Waals surface area contributed by atoms with Gasteiger partial charge in [0.1, 0.15) is 12.4 Å². The molecule has 0 heterocycles. The van der Waals surface area contributed by atoms with Gasteiger partial charge in [0.2, 0.25) is 5.91 Å². The zero-order valence-electron chi connectivity index (χ0n) is 11.2. The van der Waals surface area contributed by atoms with Crippen LogP contribution in [0.5, 0.6) is 5.75 Å². The van der Waals surface area contributed by atoms with E-state index in [9.17, 15) is 4.79 Å². The molecule has 1 N–H and O–H groups in total. The maximum absolute atomic E-state index is 10.7. The molecule has 0 aliphatic rings. The van der Waals surface area contributed by atoms with Gasteiger partial charge in [-0.25, -0.2) is 5.43 Å². The standard InChI is InChI=1S/C16H16N2O2/c1-13(19)18-17-11-15-8-5-9-16(10-15)20-12-14-6-3-2-4-7-14/h2-11H,12H2,1H3,(H,18,19)/b17-11-. The van der Waals surface area contributed by atoms with Crippen LogP contribution in [0.2, 0.25) is 0 Å². The van der Waals surface area contributed by atoms with Crippen molar-refractivity contribution in [3.05, 3.63) is 65.7 Å². The third-order valence-corrected chi connectivity index (χ3v) is 2.54. The Kier molecular flexibility index (Phi) is 4.89. The molecule has 0 saturated carbocycles. The number of amides is 1. The van der Waals surface area contributed by atoms with E-state index in [1.54, 1.807) is 6.21 Å². The summed E-state index contributed by atoms with van der Waals surface area (Å²) in [6.07, 6.45) is 1.58. The number of hydrazone groups is 1. The molecule has 2 rings (SSSR count). The summed E-state index contributed by atoms with van der Waals surface area (Å²) in [5, 5.41) is 3.82. The van der Waals surface area contributed by atoms with E-state index in [1.165, 1.54) is 6.92 Å². The zero-order valence-corrected chi connectivity index (χ0v) is 11.2. The predicted molar refractivity (Wildman–Crippen MR) is 78.6 cm³/mol. The summed E-state index contributed by atoms with van der Waals surface area (Å²) in [6, 6.07) is 17.5. The number of nitrogens with one attached hydrogen (secondary N) is 1. The van der Waals surface area contributed by atoms with Crippen molar-refractivity contribution in [1.82, 2.24) is 5.43 Å². The van der Waals surface area contributed by atoms with Crippen molar-refractivity contribution in [2.24, 2.45) is 5.10 Å². The molecule has 102 valence electrons. The maximum Gasteiger partial charge on any atom is 0.236 e. The molecule has 0 saturated heterocycles. The highest BCUT2D eigenvalue weighted by Gasteiger charge is 1.97. The molecule has 20 heavy (non-hydrogen) atoms. The SMILES string of the molecule is CC(=O)N/N=C\c1cccc(OCc2ccccc2)c1. The van der Waals surface area contributed by atoms with Crippen LogP contribution in [0.3, 0.4) is 0 Å². The van der Waals surface area contributed by atoms with E-state index in [0.717, 1.165) is 16.9 Å². The Bertz CT molecular complexity index is 594. The molecule has 0 aliphatic carbocycles. The van der Waals surface area contributed by atoms with Crippen LogP contribution < -0.4 is 10.2 Å². The lowest BCUT2D eigenvalue weighted by Gasteiger charge is -2.06. The number of hydrogen-bond acceptors (Lipinski definition) is 3. The number of carbonyl (C=O) groups is 1. The number of nitrogens with zero attached hydrogens (tertiary/aromatic N) is 1. The van der Waals surface area contributed by atoms with Gasteiger partial charge < -0.3 is 4.74 Å². The average Bonchev–Trinajstić information content (AvgIpc) is 2.46. The summed E-state index contributed by atoms with van der Waals surface area (Å²) in [5.74, 6) is 0.568. The first-order chi connectivity index (χ1) is 9.74. The van der Waals surface area contributed by atoms with Crippen LogP contribution in [-0.4, -0.2) is 12.1 Å². The fraction of sp³-hybridized carbons (Fsp3) is 0.125. The van der Waals surface area contributed by atoms with Crippen molar-refractivity contribution in [2.45, 2.75) is 13.5 Å². The predicted octanol–water partition coefficient (Wildman–Crippen LogP) is 2.74. The topological polar surface area (TPSA) is 50.7 Å². The smallest absolute Gasteiger partial charge is 0.236 e. The van der Waals surface area contributed by atoms with E-state index in [4.69, 9.17) is 4.74 Å². The largest absolute Gasteiger partial charge is 0.489 e. The van der Waals surface area contributed by atoms with Crippen molar-refractivity contribution in [3.8, 4) is 5.75 Å². The second-order valence-corrected chi connectivity index (χ2v) is 4.27. The number of hydrogen-bond donors (Lipinski definition) is 1. The Hall–Kier alpha value is -2.62. The van der Waals surface area contributed by atoms with E-state index in [-0.39, 0.29) is 5.91 Å². The maximum atomic E-state index is 10.7. The van der Waals surface area contributed by atoms with Gasteiger partial charge >= 0.3 is 0 Å². The van der Waals surface area contributed by atoms with E-state index in [2.05, 4.69) is 10.5 Å². The summed E-state index contributed by atoms with van der Waals surface area (Å²) >= 11 is 0. The van der Waals surface area contributed by atoms with Crippen molar-refractivity contribution in [1.29, 1.82) is 0 Å². The van der Waals surface area contributed by atoms with Gasteiger partial charge in [-0.3, -0.25) is 4.79 Å². The van der Waals surface area contributed by atoms with E-state index in [0.29, 0.717) is 6.61 Å². The average molecular weight is 268 g/mol. The lowest BCUT2D eigenvalue weighted by atomic mass is 10.2. The number of carbonyl (C=O) groups excluding carboxylic acids is 1. The van der Waals surface area contributed by atoms with Gasteiger partial charge in [0.15, 0.2) is 0 Å². The molecule has 0 fully saturated rings. The summed E-state index contributed by atoms with van der Waals surface area (Å²) in [5.41, 5.74) is 4.34. The molecule has 0 atom stereocenters. The fourth-order valence-electron chi connectivity index (χ4n) is 1.62. The Morgan fingerprint density at radius 2 is 2.00 bits per heavy atom. The van der Waals surface area contributed by atoms with Crippen molar-refractivity contribution < 1.29 is 9.53 Å². The van der Waals surface area contributed by atoms with Crippen LogP contribution in [0.4, 0.5) is 0 Å². The van der Waals surface area contributed by atoms with Crippen LogP contribution in [0, 0.1) is 0 Å². The molecule has 0 aliphatic heterocycles. The summed E-state index contributed by atoms with van der Waals surface area (Å²) in [7, 11) is 0. The van der Waals surface area contributed by atoms with Crippen LogP contribution in [0.15, 0.2) is 59.7 Å². The highest BCUT2D eigenvalue weighted by molar-refractivity contribution is 5.82. The summed E-state index contributed by atoms with van der Waals surface area (Å²) in [4.78, 5) is 10.7. The van der Waals surface area contributed by atoms with Crippen LogP contribution in [0.1, 0.15) is 18.1 Å². The first kappa shape index (κ1) is 13.8. The second kappa shape index (κ2) is 7.09. The molecule has 0 aromatic heterocycles. The highest BCUT2D eigenvalue weighted by atomic mass is 16.5. The molecule has 2 aromatic rings. The van der Waals surface area contributed by atoms with Gasteiger partial charge in [-0.15, -0.1) is 0 Å². The number of rotatable bonds is 5. The molecule has 1 amide bonds. The lowest BCUT2D eigenvalue weighted by molar-refractivity contribution is -0.118. The minimum absolute atomic E-state index is 0.197. The molecule has 4 heteroatoms. The molecule has 2 aromatic carbocycles. The quantitative estimate of drug-likeness (QED) is 0.669. The third-order valence-electron chi connectivity index (χ3n) is 2.54. The third kappa shape index (κ3) is 4.57. The van der Waals surface area contributed by atoms with Gasteiger partial charge in [-0.2, -0.15) is 5.10 Å². The Labute approximate surface area is 118 Å². The summed E-state index contributed by atoms with van der Waals surface area (Å²) in [6.45, 7) is 1.93. The zero-order chi connectivity index (χ0) is 14.2. The van der Waals surface area contributed by atoms with E-state index < -0.39 is 0 Å². The first-order valence-corrected chi connectivity index (χ1v) is 6.30. The lowest BCUT2D eigenvalue weighted by Crippen LogP contribution is -2.12. The van der Waals surface area contributed by atoms with Crippen LogP contribution >= 0.6 is 0 Å². The first-order valence-electron chi connectivity index (χ1n) is 6.30. The molecule has 4 nitrogen and oxygen atoms in total. The van der Waals surface area contributed by atoms with Gasteiger partial charge in [0.05, 0.1) is 6.21 Å². The Balaban J connectivity index is 1.95. The van der Waals surface area contributed by atoms with Crippen molar-refractivity contribution in [2.75, 3.05) is 0 Å². The van der Waals surface area contributed by atoms with Crippen molar-refractivity contribution >= 4 is 12.1 Å². The number of ether oxygens (including phenoxy) is 1. The molecule has 0 spiro atoms. The molecule has 0 bridgehead atoms. The normalized spacial score (nSPS) is 10.4. The van der Waals surface area contributed by atoms with Crippen LogP contribution in [-0.2, 0) is 11.4 Å². The Morgan fingerprint density at radius 3 is 2.75 bits per heavy atom. The number of benzene rings is 2. The van der Waals surface area contributed by atoms with Crippen molar-refractivity contribution in [3.63, 3.8) is 0 Å². The second-order valence-electron chi connectivity index (χ2n) is 4.27. The highest BCUT2D eigenvalue weighted by Crippen LogP contribution is 2.14. The van der Waals surface area contributed by atoms with E-state index in [1.807, 2.05) is 54.6 Å². The molecular weight excluding hydrogens is 252 g/mol. The van der Waals surface area contributed by atoms with Crippen LogP contribution in [0.25, 0.3) is 0 Å². The Morgan fingerprint density at radius 1 is 1.20 bits per heavy atom. The van der Waals surface area contributed by atoms with E-state index >= 15 is 0 Å². The minimum Gasteiger partial charge on any atom is -0.489 e. The van der Waals surface area contributed by atoms with Gasteiger partial charge in [0.25, 0.3) is 0 Å². The monoisotopic (exact) mass is 268 g/mol. The van der Waals surface area contributed by atoms with Gasteiger partial charge in [-0.05, 0) is 23.3 Å². The minimum atomic E-state index is -0.197. The molecule has 0 radical (unpaired) electrons.